The van der Waals surface area contributed by atoms with Crippen LogP contribution in [0.3, 0.4) is 0 Å². The van der Waals surface area contributed by atoms with Crippen LogP contribution in [-0.4, -0.2) is 16.9 Å². The molecule has 0 fully saturated rings. The number of aryl methyl sites for hydroxylation is 2. The third-order valence-corrected chi connectivity index (χ3v) is 3.98. The highest BCUT2D eigenvalue weighted by Crippen LogP contribution is 2.25. The van der Waals surface area contributed by atoms with Crippen molar-refractivity contribution in [1.82, 2.24) is 0 Å². The van der Waals surface area contributed by atoms with Gasteiger partial charge >= 0.3 is 5.97 Å². The summed E-state index contributed by atoms with van der Waals surface area (Å²) in [7, 11) is 0. The van der Waals surface area contributed by atoms with Crippen molar-refractivity contribution in [3.63, 3.8) is 0 Å². The van der Waals surface area contributed by atoms with E-state index >= 15 is 0 Å². The van der Waals surface area contributed by atoms with E-state index in [0.717, 1.165) is 16.3 Å². The summed E-state index contributed by atoms with van der Waals surface area (Å²) in [6.45, 7) is 3.63. The predicted octanol–water partition coefficient (Wildman–Crippen LogP) is 4.39. The second-order valence-electron chi connectivity index (χ2n) is 5.67. The fraction of sp³-hybridized carbons (Fsp3) is 0.100. The molecule has 0 aromatic heterocycles. The van der Waals surface area contributed by atoms with Crippen LogP contribution in [0, 0.1) is 13.8 Å². The maximum atomic E-state index is 13.0. The highest BCUT2D eigenvalue weighted by molar-refractivity contribution is 6.20. The van der Waals surface area contributed by atoms with Gasteiger partial charge in [-0.3, -0.25) is 4.79 Å². The highest BCUT2D eigenvalue weighted by atomic mass is 16.4. The normalized spacial score (nSPS) is 10.7. The number of carbonyl (C=O) groups excluding carboxylic acids is 1. The third-order valence-electron chi connectivity index (χ3n) is 3.98. The standard InChI is InChI=1S/C20H16O3/c1-12-10-14-7-3-4-8-15(14)17(11-12)19(21)16-9-5-6-13(2)18(16)20(22)23/h3-11H,1-2H3,(H,22,23). The molecular weight excluding hydrogens is 288 g/mol. The Bertz CT molecular complexity index is 939. The van der Waals surface area contributed by atoms with Crippen LogP contribution < -0.4 is 0 Å². The molecule has 23 heavy (non-hydrogen) atoms. The molecule has 0 bridgehead atoms. The minimum Gasteiger partial charge on any atom is -0.478 e. The lowest BCUT2D eigenvalue weighted by Crippen LogP contribution is -2.12. The lowest BCUT2D eigenvalue weighted by molar-refractivity contribution is 0.0692. The zero-order valence-corrected chi connectivity index (χ0v) is 13.0. The Morgan fingerprint density at radius 2 is 1.61 bits per heavy atom. The summed E-state index contributed by atoms with van der Waals surface area (Å²) in [4.78, 5) is 24.6. The molecule has 3 aromatic rings. The van der Waals surface area contributed by atoms with Crippen molar-refractivity contribution < 1.29 is 14.7 Å². The van der Waals surface area contributed by atoms with Crippen LogP contribution in [0.15, 0.2) is 54.6 Å². The van der Waals surface area contributed by atoms with E-state index in [-0.39, 0.29) is 16.9 Å². The van der Waals surface area contributed by atoms with Crippen LogP contribution in [-0.2, 0) is 0 Å². The Hall–Kier alpha value is -2.94. The molecule has 0 heterocycles. The number of hydrogen-bond donors (Lipinski definition) is 1. The molecule has 3 nitrogen and oxygen atoms in total. The Labute approximate surface area is 134 Å². The molecular formula is C20H16O3. The number of benzene rings is 3. The lowest BCUT2D eigenvalue weighted by atomic mass is 9.91. The lowest BCUT2D eigenvalue weighted by Gasteiger charge is -2.11. The molecule has 1 N–H and O–H groups in total. The van der Waals surface area contributed by atoms with Crippen LogP contribution >= 0.6 is 0 Å². The van der Waals surface area contributed by atoms with E-state index in [1.807, 2.05) is 43.3 Å². The fourth-order valence-electron chi connectivity index (χ4n) is 2.93. The molecule has 3 heteroatoms. The van der Waals surface area contributed by atoms with Crippen molar-refractivity contribution in [2.75, 3.05) is 0 Å². The molecule has 114 valence electrons. The van der Waals surface area contributed by atoms with Crippen LogP contribution in [0.2, 0.25) is 0 Å². The Kier molecular flexibility index (Phi) is 3.70. The van der Waals surface area contributed by atoms with Gasteiger partial charge in [-0.2, -0.15) is 0 Å². The first-order chi connectivity index (χ1) is 11.0. The smallest absolute Gasteiger partial charge is 0.336 e. The number of fused-ring (bicyclic) bond motifs is 1. The first-order valence-electron chi connectivity index (χ1n) is 7.36. The number of carboxylic acids is 1. The van der Waals surface area contributed by atoms with E-state index in [9.17, 15) is 14.7 Å². The summed E-state index contributed by atoms with van der Waals surface area (Å²) in [5, 5.41) is 11.3. The Balaban J connectivity index is 2.27. The summed E-state index contributed by atoms with van der Waals surface area (Å²) in [6, 6.07) is 16.5. The van der Waals surface area contributed by atoms with E-state index < -0.39 is 5.97 Å². The molecule has 3 rings (SSSR count). The molecule has 0 amide bonds. The van der Waals surface area contributed by atoms with Gasteiger partial charge in [0.05, 0.1) is 5.56 Å². The number of aromatic carboxylic acids is 1. The second kappa shape index (κ2) is 5.69. The number of rotatable bonds is 3. The van der Waals surface area contributed by atoms with E-state index in [0.29, 0.717) is 11.1 Å². The zero-order chi connectivity index (χ0) is 16.6. The predicted molar refractivity (Wildman–Crippen MR) is 90.3 cm³/mol. The fourth-order valence-corrected chi connectivity index (χ4v) is 2.93. The van der Waals surface area contributed by atoms with Gasteiger partial charge in [0, 0.05) is 11.1 Å². The molecule has 0 radical (unpaired) electrons. The first kappa shape index (κ1) is 15.0. The molecule has 0 aliphatic rings. The van der Waals surface area contributed by atoms with E-state index in [1.165, 1.54) is 0 Å². The van der Waals surface area contributed by atoms with Crippen molar-refractivity contribution >= 4 is 22.5 Å². The Morgan fingerprint density at radius 3 is 2.35 bits per heavy atom. The van der Waals surface area contributed by atoms with Gasteiger partial charge in [-0.25, -0.2) is 4.79 Å². The number of carbonyl (C=O) groups is 2. The summed E-state index contributed by atoms with van der Waals surface area (Å²) in [5.74, 6) is -1.34. The monoisotopic (exact) mass is 304 g/mol. The van der Waals surface area contributed by atoms with Crippen molar-refractivity contribution in [3.8, 4) is 0 Å². The van der Waals surface area contributed by atoms with Gasteiger partial charge in [0.1, 0.15) is 0 Å². The average molecular weight is 304 g/mol. The van der Waals surface area contributed by atoms with Gasteiger partial charge in [-0.05, 0) is 41.8 Å². The van der Waals surface area contributed by atoms with E-state index in [4.69, 9.17) is 0 Å². The highest BCUT2D eigenvalue weighted by Gasteiger charge is 2.21. The van der Waals surface area contributed by atoms with Gasteiger partial charge in [0.25, 0.3) is 0 Å². The van der Waals surface area contributed by atoms with Gasteiger partial charge in [0.15, 0.2) is 5.78 Å². The number of hydrogen-bond acceptors (Lipinski definition) is 2. The first-order valence-corrected chi connectivity index (χ1v) is 7.36. The van der Waals surface area contributed by atoms with Crippen molar-refractivity contribution in [2.45, 2.75) is 13.8 Å². The van der Waals surface area contributed by atoms with Crippen LogP contribution in [0.25, 0.3) is 10.8 Å². The molecule has 0 atom stereocenters. The SMILES string of the molecule is Cc1cc(C(=O)c2cccc(C)c2C(=O)O)c2ccccc2c1. The van der Waals surface area contributed by atoms with Crippen LogP contribution in [0.5, 0.6) is 0 Å². The molecule has 0 spiro atoms. The molecule has 0 aliphatic heterocycles. The summed E-state index contributed by atoms with van der Waals surface area (Å²) < 4.78 is 0. The molecule has 3 aromatic carbocycles. The van der Waals surface area contributed by atoms with Crippen molar-refractivity contribution in [3.05, 3.63) is 82.4 Å². The van der Waals surface area contributed by atoms with Crippen LogP contribution in [0.4, 0.5) is 0 Å². The summed E-state index contributed by atoms with van der Waals surface area (Å²) in [6.07, 6.45) is 0. The maximum absolute atomic E-state index is 13.0. The summed E-state index contributed by atoms with van der Waals surface area (Å²) in [5.41, 5.74) is 2.39. The van der Waals surface area contributed by atoms with Gasteiger partial charge < -0.3 is 5.11 Å². The Morgan fingerprint density at radius 1 is 0.870 bits per heavy atom. The third kappa shape index (κ3) is 2.61. The topological polar surface area (TPSA) is 54.4 Å². The van der Waals surface area contributed by atoms with Crippen molar-refractivity contribution in [1.29, 1.82) is 0 Å². The quantitative estimate of drug-likeness (QED) is 0.730. The number of ketones is 1. The molecule has 0 unspecified atom stereocenters. The average Bonchev–Trinajstić information content (AvgIpc) is 2.52. The summed E-state index contributed by atoms with van der Waals surface area (Å²) >= 11 is 0. The molecule has 0 saturated carbocycles. The van der Waals surface area contributed by atoms with Crippen molar-refractivity contribution in [2.24, 2.45) is 0 Å². The van der Waals surface area contributed by atoms with Crippen LogP contribution in [0.1, 0.15) is 37.4 Å². The largest absolute Gasteiger partial charge is 0.478 e. The zero-order valence-electron chi connectivity index (χ0n) is 13.0. The number of carboxylic acid groups (broad SMARTS) is 1. The molecule has 0 aliphatic carbocycles. The van der Waals surface area contributed by atoms with Gasteiger partial charge in [-0.1, -0.05) is 48.5 Å². The van der Waals surface area contributed by atoms with Gasteiger partial charge in [-0.15, -0.1) is 0 Å². The van der Waals surface area contributed by atoms with Gasteiger partial charge in [0.2, 0.25) is 0 Å². The minimum atomic E-state index is -1.08. The molecule has 0 saturated heterocycles. The van der Waals surface area contributed by atoms with E-state index in [2.05, 4.69) is 0 Å². The minimum absolute atomic E-state index is 0.0723. The maximum Gasteiger partial charge on any atom is 0.336 e. The second-order valence-corrected chi connectivity index (χ2v) is 5.67. The van der Waals surface area contributed by atoms with E-state index in [1.54, 1.807) is 25.1 Å².